The van der Waals surface area contributed by atoms with E-state index >= 15 is 0 Å². The van der Waals surface area contributed by atoms with Crippen molar-refractivity contribution in [3.05, 3.63) is 29.8 Å². The Balaban J connectivity index is 2.03. The van der Waals surface area contributed by atoms with Gasteiger partial charge >= 0.3 is 5.97 Å². The molecule has 248 valence electrons. The lowest BCUT2D eigenvalue weighted by Crippen LogP contribution is -2.68. The number of unbranched alkanes of at least 4 members (excludes halogenated alkanes) is 3. The van der Waals surface area contributed by atoms with Gasteiger partial charge in [-0.1, -0.05) is 31.9 Å². The number of hydrogen-bond acceptors (Lipinski definition) is 11. The van der Waals surface area contributed by atoms with Crippen LogP contribution in [0.2, 0.25) is 0 Å². The average molecular weight is 628 g/mol. The SMILES string of the molecule is CCCNC(=O)CCCCCCO[C@]1(C(=O)O)C[C@H](O)[C@@H](NC(=O)CO)[C@H]([C@H](O)[C@H](O)CNC(=O)Cc2cccc(O)c2)O1. The minimum Gasteiger partial charge on any atom is -0.508 e. The molecule has 6 atom stereocenters. The Labute approximate surface area is 255 Å². The number of aliphatic hydroxyl groups is 4. The topological polar surface area (TPSA) is 244 Å². The number of hydrogen-bond donors (Lipinski definition) is 9. The number of carbonyl (C=O) groups excluding carboxylic acids is 3. The Bertz CT molecular complexity index is 1090. The van der Waals surface area contributed by atoms with Crippen LogP contribution in [0.5, 0.6) is 5.75 Å². The van der Waals surface area contributed by atoms with Crippen LogP contribution >= 0.6 is 0 Å². The Morgan fingerprint density at radius 3 is 2.45 bits per heavy atom. The Hall–Kier alpha value is -3.34. The minimum absolute atomic E-state index is 0.0364. The molecule has 9 N–H and O–H groups in total. The quantitative estimate of drug-likeness (QED) is 0.0811. The number of aromatic hydroxyl groups is 1. The molecule has 0 aliphatic carbocycles. The van der Waals surface area contributed by atoms with Crippen LogP contribution in [0, 0.1) is 0 Å². The molecule has 1 aromatic rings. The van der Waals surface area contributed by atoms with Gasteiger partial charge in [0.25, 0.3) is 5.79 Å². The van der Waals surface area contributed by atoms with Crippen LogP contribution in [-0.4, -0.2) is 117 Å². The second-order valence-corrected chi connectivity index (χ2v) is 10.7. The van der Waals surface area contributed by atoms with Crippen LogP contribution in [0.15, 0.2) is 24.3 Å². The fourth-order valence-corrected chi connectivity index (χ4v) is 4.75. The van der Waals surface area contributed by atoms with Gasteiger partial charge in [0, 0.05) is 25.9 Å². The van der Waals surface area contributed by atoms with Crippen molar-refractivity contribution in [1.29, 1.82) is 0 Å². The smallest absolute Gasteiger partial charge is 0.364 e. The van der Waals surface area contributed by atoms with Crippen molar-refractivity contribution in [3.63, 3.8) is 0 Å². The van der Waals surface area contributed by atoms with Crippen molar-refractivity contribution in [2.24, 2.45) is 0 Å². The number of amides is 3. The summed E-state index contributed by atoms with van der Waals surface area (Å²) in [7, 11) is 0. The van der Waals surface area contributed by atoms with E-state index in [1.807, 2.05) is 6.92 Å². The van der Waals surface area contributed by atoms with E-state index in [0.29, 0.717) is 44.2 Å². The molecule has 15 heteroatoms. The van der Waals surface area contributed by atoms with Gasteiger partial charge < -0.3 is 56.1 Å². The van der Waals surface area contributed by atoms with Gasteiger partial charge in [-0.05, 0) is 37.0 Å². The number of aliphatic carboxylic acids is 1. The van der Waals surface area contributed by atoms with Gasteiger partial charge in [-0.25, -0.2) is 4.79 Å². The number of phenols is 1. The first kappa shape index (κ1) is 36.8. The lowest BCUT2D eigenvalue weighted by Gasteiger charge is -2.46. The first-order chi connectivity index (χ1) is 20.9. The Kier molecular flexibility index (Phi) is 15.5. The highest BCUT2D eigenvalue weighted by molar-refractivity contribution is 5.79. The third-order valence-electron chi connectivity index (χ3n) is 7.09. The molecule has 1 heterocycles. The predicted octanol–water partition coefficient (Wildman–Crippen LogP) is -1.33. The highest BCUT2D eigenvalue weighted by Crippen LogP contribution is 2.34. The molecule has 1 aliphatic rings. The van der Waals surface area contributed by atoms with Crippen LogP contribution in [0.1, 0.15) is 57.4 Å². The molecule has 0 radical (unpaired) electrons. The summed E-state index contributed by atoms with van der Waals surface area (Å²) in [6.45, 7) is 0.984. The van der Waals surface area contributed by atoms with E-state index in [-0.39, 0.29) is 24.7 Å². The number of carbonyl (C=O) groups is 4. The van der Waals surface area contributed by atoms with E-state index in [0.717, 1.165) is 6.42 Å². The van der Waals surface area contributed by atoms with Gasteiger partial charge in [0.15, 0.2) is 0 Å². The molecule has 0 unspecified atom stereocenters. The summed E-state index contributed by atoms with van der Waals surface area (Å²) >= 11 is 0. The van der Waals surface area contributed by atoms with E-state index in [1.165, 1.54) is 12.1 Å². The zero-order chi connectivity index (χ0) is 32.7. The first-order valence-electron chi connectivity index (χ1n) is 14.7. The summed E-state index contributed by atoms with van der Waals surface area (Å²) in [5.41, 5.74) is 0.490. The van der Waals surface area contributed by atoms with Crippen LogP contribution in [-0.2, 0) is 35.1 Å². The van der Waals surface area contributed by atoms with E-state index in [4.69, 9.17) is 9.47 Å². The molecular formula is C29H45N3O12. The third-order valence-corrected chi connectivity index (χ3v) is 7.09. The fourth-order valence-electron chi connectivity index (χ4n) is 4.75. The number of carboxylic acids is 1. The van der Waals surface area contributed by atoms with Gasteiger partial charge in [0.1, 0.15) is 24.6 Å². The van der Waals surface area contributed by atoms with Crippen molar-refractivity contribution < 1.29 is 59.3 Å². The standard InChI is InChI=1S/C29H45N3O12/c1-2-11-30-22(37)10-5-3-4-6-12-43-29(28(41)42)15-20(35)25(32-24(39)17-33)27(44-29)26(40)21(36)16-31-23(38)14-18-8-7-9-19(34)13-18/h7-9,13,20-21,25-27,33-36,40H,2-6,10-12,14-17H2,1H3,(H,30,37)(H,31,38)(H,32,39)(H,41,42)/t20-,21+,25+,26+,27+,29+/m0/s1. The summed E-state index contributed by atoms with van der Waals surface area (Å²) in [6.07, 6.45) is -4.28. The van der Waals surface area contributed by atoms with E-state index in [2.05, 4.69) is 16.0 Å². The zero-order valence-corrected chi connectivity index (χ0v) is 24.8. The largest absolute Gasteiger partial charge is 0.508 e. The number of rotatable bonds is 19. The number of carboxylic acid groups (broad SMARTS) is 1. The molecule has 1 aromatic carbocycles. The number of aliphatic hydroxyl groups excluding tert-OH is 4. The summed E-state index contributed by atoms with van der Waals surface area (Å²) in [5.74, 6) is -5.63. The molecular weight excluding hydrogens is 582 g/mol. The van der Waals surface area contributed by atoms with Crippen molar-refractivity contribution in [1.82, 2.24) is 16.0 Å². The van der Waals surface area contributed by atoms with Crippen LogP contribution in [0.4, 0.5) is 0 Å². The monoisotopic (exact) mass is 627 g/mol. The molecule has 2 rings (SSSR count). The molecule has 3 amide bonds. The summed E-state index contributed by atoms with van der Waals surface area (Å²) in [5, 5.41) is 68.7. The molecule has 0 saturated carbocycles. The Morgan fingerprint density at radius 2 is 1.80 bits per heavy atom. The van der Waals surface area contributed by atoms with Gasteiger partial charge in [-0.3, -0.25) is 14.4 Å². The maximum atomic E-state index is 12.3. The van der Waals surface area contributed by atoms with Crippen LogP contribution < -0.4 is 16.0 Å². The van der Waals surface area contributed by atoms with Gasteiger partial charge in [0.2, 0.25) is 17.7 Å². The van der Waals surface area contributed by atoms with Crippen molar-refractivity contribution in [3.8, 4) is 5.75 Å². The highest BCUT2D eigenvalue weighted by Gasteiger charge is 2.55. The Morgan fingerprint density at radius 1 is 1.07 bits per heavy atom. The predicted molar refractivity (Wildman–Crippen MR) is 154 cm³/mol. The van der Waals surface area contributed by atoms with Gasteiger partial charge in [-0.2, -0.15) is 0 Å². The molecule has 1 fully saturated rings. The fraction of sp³-hybridized carbons (Fsp3) is 0.655. The van der Waals surface area contributed by atoms with E-state index in [9.17, 15) is 49.8 Å². The molecule has 1 aliphatic heterocycles. The number of benzene rings is 1. The second-order valence-electron chi connectivity index (χ2n) is 10.7. The van der Waals surface area contributed by atoms with Crippen LogP contribution in [0.25, 0.3) is 0 Å². The molecule has 0 spiro atoms. The highest BCUT2D eigenvalue weighted by atomic mass is 16.7. The van der Waals surface area contributed by atoms with E-state index in [1.54, 1.807) is 12.1 Å². The van der Waals surface area contributed by atoms with Crippen molar-refractivity contribution in [2.45, 2.75) is 94.5 Å². The van der Waals surface area contributed by atoms with Crippen molar-refractivity contribution >= 4 is 23.7 Å². The number of ether oxygens (including phenoxy) is 2. The second kappa shape index (κ2) is 18.5. The summed E-state index contributed by atoms with van der Waals surface area (Å²) < 4.78 is 11.3. The zero-order valence-electron chi connectivity index (χ0n) is 24.8. The molecule has 15 nitrogen and oxygen atoms in total. The maximum absolute atomic E-state index is 12.3. The summed E-state index contributed by atoms with van der Waals surface area (Å²) in [6, 6.07) is 4.53. The number of phenolic OH excluding ortho intramolecular Hbond substituents is 1. The first-order valence-corrected chi connectivity index (χ1v) is 14.7. The van der Waals surface area contributed by atoms with Gasteiger partial charge in [-0.15, -0.1) is 0 Å². The van der Waals surface area contributed by atoms with Crippen LogP contribution in [0.3, 0.4) is 0 Å². The lowest BCUT2D eigenvalue weighted by molar-refractivity contribution is -0.310. The molecule has 0 bridgehead atoms. The average Bonchev–Trinajstić information content (AvgIpc) is 2.98. The summed E-state index contributed by atoms with van der Waals surface area (Å²) in [4.78, 5) is 48.3. The number of nitrogens with one attached hydrogen (secondary N) is 3. The van der Waals surface area contributed by atoms with Gasteiger partial charge in [0.05, 0.1) is 31.3 Å². The minimum atomic E-state index is -2.44. The van der Waals surface area contributed by atoms with E-state index < -0.39 is 73.6 Å². The molecule has 44 heavy (non-hydrogen) atoms. The maximum Gasteiger partial charge on any atom is 0.364 e. The molecule has 1 saturated heterocycles. The van der Waals surface area contributed by atoms with Crippen molar-refractivity contribution in [2.75, 3.05) is 26.3 Å². The normalized spacial score (nSPS) is 22.9. The lowest BCUT2D eigenvalue weighted by atomic mass is 9.88. The molecule has 0 aromatic heterocycles. The third kappa shape index (κ3) is 11.6.